The largest absolute Gasteiger partial charge is 0.411 e. The van der Waals surface area contributed by atoms with Crippen LogP contribution < -0.4 is 0 Å². The lowest BCUT2D eigenvalue weighted by molar-refractivity contribution is -0.384. The summed E-state index contributed by atoms with van der Waals surface area (Å²) in [6.45, 7) is 1.63. The van der Waals surface area contributed by atoms with Crippen LogP contribution in [0.4, 0.5) is 5.69 Å². The summed E-state index contributed by atoms with van der Waals surface area (Å²) in [4.78, 5) is 10.1. The van der Waals surface area contributed by atoms with Crippen LogP contribution in [-0.4, -0.2) is 35.8 Å². The van der Waals surface area contributed by atoms with Gasteiger partial charge in [-0.2, -0.15) is 0 Å². The minimum Gasteiger partial charge on any atom is -0.411 e. The van der Waals surface area contributed by atoms with Crippen molar-refractivity contribution >= 4 is 21.2 Å². The Kier molecular flexibility index (Phi) is 4.60. The highest BCUT2D eigenvalue weighted by Gasteiger charge is 2.27. The summed E-state index contributed by atoms with van der Waals surface area (Å²) >= 11 is 0. The molecule has 0 unspecified atom stereocenters. The molecule has 104 valence electrons. The van der Waals surface area contributed by atoms with E-state index in [2.05, 4.69) is 5.16 Å². The van der Waals surface area contributed by atoms with Crippen LogP contribution in [0.2, 0.25) is 0 Å². The van der Waals surface area contributed by atoms with Crippen LogP contribution in [0.5, 0.6) is 0 Å². The molecule has 0 bridgehead atoms. The Morgan fingerprint density at radius 2 is 2.16 bits per heavy atom. The molecule has 0 aliphatic carbocycles. The molecule has 0 saturated carbocycles. The predicted molar refractivity (Wildman–Crippen MR) is 70.3 cm³/mol. The first-order valence-corrected chi connectivity index (χ1v) is 7.42. The average Bonchev–Trinajstić information content (AvgIpc) is 2.34. The number of nitro groups is 1. The van der Waals surface area contributed by atoms with Crippen molar-refractivity contribution in [3.63, 3.8) is 0 Å². The molecule has 1 N–H and O–H groups in total. The number of benzene rings is 1. The average molecular weight is 286 g/mol. The second-order valence-corrected chi connectivity index (χ2v) is 6.25. The molecule has 19 heavy (non-hydrogen) atoms. The Morgan fingerprint density at radius 3 is 2.58 bits per heavy atom. The van der Waals surface area contributed by atoms with Crippen molar-refractivity contribution in [1.29, 1.82) is 0 Å². The lowest BCUT2D eigenvalue weighted by Crippen LogP contribution is -2.29. The molecule has 7 nitrogen and oxygen atoms in total. The fraction of sp³-hybridized carbons (Fsp3) is 0.364. The predicted octanol–water partition coefficient (Wildman–Crippen LogP) is 1.60. The quantitative estimate of drug-likeness (QED) is 0.382. The first-order chi connectivity index (χ1) is 8.81. The van der Waals surface area contributed by atoms with Gasteiger partial charge in [0.05, 0.1) is 4.92 Å². The van der Waals surface area contributed by atoms with Gasteiger partial charge in [0.15, 0.2) is 9.84 Å². The molecular formula is C11H14N2O5S. The van der Waals surface area contributed by atoms with Crippen molar-refractivity contribution in [2.75, 3.05) is 6.26 Å². The van der Waals surface area contributed by atoms with Crippen LogP contribution in [0.15, 0.2) is 29.4 Å². The lowest BCUT2D eigenvalue weighted by atomic mass is 10.1. The first-order valence-electron chi connectivity index (χ1n) is 5.47. The molecule has 0 aliphatic heterocycles. The Morgan fingerprint density at radius 1 is 1.53 bits per heavy atom. The van der Waals surface area contributed by atoms with Crippen LogP contribution >= 0.6 is 0 Å². The van der Waals surface area contributed by atoms with Gasteiger partial charge < -0.3 is 5.21 Å². The molecule has 1 rings (SSSR count). The van der Waals surface area contributed by atoms with Crippen LogP contribution in [0, 0.1) is 10.1 Å². The van der Waals surface area contributed by atoms with Gasteiger partial charge in [0.25, 0.3) is 5.69 Å². The smallest absolute Gasteiger partial charge is 0.270 e. The molecule has 0 aliphatic rings. The Balaban J connectivity index is 3.32. The SMILES string of the molecule is CC[C@@H](/C(=N\O)c1cccc([N+](=O)[O-])c1)S(C)(=O)=O. The van der Waals surface area contributed by atoms with Crippen LogP contribution in [-0.2, 0) is 9.84 Å². The fourth-order valence-electron chi connectivity index (χ4n) is 1.79. The molecule has 0 amide bonds. The third-order valence-electron chi connectivity index (χ3n) is 2.65. The van der Waals surface area contributed by atoms with E-state index in [0.717, 1.165) is 6.26 Å². The molecular weight excluding hydrogens is 272 g/mol. The number of nitro benzene ring substituents is 1. The molecule has 0 fully saturated rings. The Hall–Kier alpha value is -1.96. The highest BCUT2D eigenvalue weighted by molar-refractivity contribution is 7.92. The summed E-state index contributed by atoms with van der Waals surface area (Å²) in [7, 11) is -3.47. The zero-order valence-corrected chi connectivity index (χ0v) is 11.3. The van der Waals surface area contributed by atoms with Gasteiger partial charge in [-0.25, -0.2) is 8.42 Å². The minimum absolute atomic E-state index is 0.0892. The number of hydrogen-bond acceptors (Lipinski definition) is 6. The maximum atomic E-state index is 11.6. The molecule has 1 aromatic rings. The third-order valence-corrected chi connectivity index (χ3v) is 4.24. The van der Waals surface area contributed by atoms with Gasteiger partial charge in [0.1, 0.15) is 11.0 Å². The number of hydrogen-bond donors (Lipinski definition) is 1. The topological polar surface area (TPSA) is 110 Å². The Bertz CT molecular complexity index is 609. The van der Waals surface area contributed by atoms with Gasteiger partial charge in [-0.05, 0) is 6.42 Å². The van der Waals surface area contributed by atoms with Crippen molar-refractivity contribution in [3.05, 3.63) is 39.9 Å². The zero-order chi connectivity index (χ0) is 14.6. The van der Waals surface area contributed by atoms with Gasteiger partial charge in [-0.1, -0.05) is 24.2 Å². The summed E-state index contributed by atoms with van der Waals surface area (Å²) in [5.41, 5.74) is -0.0651. The van der Waals surface area contributed by atoms with Crippen molar-refractivity contribution in [1.82, 2.24) is 0 Å². The third kappa shape index (κ3) is 3.50. The van der Waals surface area contributed by atoms with Crippen molar-refractivity contribution in [3.8, 4) is 0 Å². The molecule has 0 radical (unpaired) electrons. The van der Waals surface area contributed by atoms with E-state index in [4.69, 9.17) is 5.21 Å². The summed E-state index contributed by atoms with van der Waals surface area (Å²) in [5.74, 6) is 0. The number of nitrogens with zero attached hydrogens (tertiary/aromatic N) is 2. The van der Waals surface area contributed by atoms with Crippen LogP contribution in [0.25, 0.3) is 0 Å². The fourth-order valence-corrected chi connectivity index (χ4v) is 2.98. The van der Waals surface area contributed by atoms with Crippen LogP contribution in [0.3, 0.4) is 0 Å². The summed E-state index contributed by atoms with van der Waals surface area (Å²) in [6, 6.07) is 5.34. The van der Waals surface area contributed by atoms with E-state index in [1.165, 1.54) is 24.3 Å². The molecule has 0 saturated heterocycles. The molecule has 1 atom stereocenters. The van der Waals surface area contributed by atoms with Crippen molar-refractivity contribution in [2.24, 2.45) is 5.16 Å². The van der Waals surface area contributed by atoms with Gasteiger partial charge in [0.2, 0.25) is 0 Å². The van der Waals surface area contributed by atoms with Gasteiger partial charge in [0, 0.05) is 24.0 Å². The molecule has 1 aromatic carbocycles. The van der Waals surface area contributed by atoms with E-state index >= 15 is 0 Å². The molecule has 0 aromatic heterocycles. The highest BCUT2D eigenvalue weighted by Crippen LogP contribution is 2.18. The van der Waals surface area contributed by atoms with Gasteiger partial charge >= 0.3 is 0 Å². The van der Waals surface area contributed by atoms with Gasteiger partial charge in [-0.15, -0.1) is 0 Å². The van der Waals surface area contributed by atoms with E-state index in [0.29, 0.717) is 0 Å². The molecule has 0 heterocycles. The van der Waals surface area contributed by atoms with E-state index in [-0.39, 0.29) is 23.4 Å². The summed E-state index contributed by atoms with van der Waals surface area (Å²) in [6.07, 6.45) is 1.24. The second-order valence-electron chi connectivity index (χ2n) is 4.02. The van der Waals surface area contributed by atoms with Gasteiger partial charge in [-0.3, -0.25) is 10.1 Å². The number of oxime groups is 1. The van der Waals surface area contributed by atoms with Crippen molar-refractivity contribution < 1.29 is 18.5 Å². The normalized spacial score (nSPS) is 14.1. The van der Waals surface area contributed by atoms with E-state index in [1.54, 1.807) is 6.92 Å². The molecule has 8 heteroatoms. The number of sulfone groups is 1. The minimum atomic E-state index is -3.47. The van der Waals surface area contributed by atoms with E-state index < -0.39 is 20.0 Å². The maximum Gasteiger partial charge on any atom is 0.270 e. The van der Waals surface area contributed by atoms with E-state index in [1.807, 2.05) is 0 Å². The first kappa shape index (κ1) is 15.1. The maximum absolute atomic E-state index is 11.6. The summed E-state index contributed by atoms with van der Waals surface area (Å²) in [5, 5.41) is 21.7. The Labute approximate surface area is 110 Å². The summed E-state index contributed by atoms with van der Waals surface area (Å²) < 4.78 is 23.3. The number of rotatable bonds is 5. The molecule has 0 spiro atoms. The van der Waals surface area contributed by atoms with E-state index in [9.17, 15) is 18.5 Å². The van der Waals surface area contributed by atoms with Crippen molar-refractivity contribution in [2.45, 2.75) is 18.6 Å². The zero-order valence-electron chi connectivity index (χ0n) is 10.5. The monoisotopic (exact) mass is 286 g/mol. The second kappa shape index (κ2) is 5.79. The highest BCUT2D eigenvalue weighted by atomic mass is 32.2. The van der Waals surface area contributed by atoms with Crippen LogP contribution in [0.1, 0.15) is 18.9 Å². The number of non-ortho nitro benzene ring substituents is 1. The lowest BCUT2D eigenvalue weighted by Gasteiger charge is -2.14. The standard InChI is InChI=1S/C11H14N2O5S/c1-3-10(19(2,17)18)11(12-14)8-5-4-6-9(7-8)13(15)16/h4-7,10,14H,3H2,1-2H3/b12-11-/t10-/m0/s1.